The molecule has 0 spiro atoms. The average molecular weight is 381 g/mol. The van der Waals surface area contributed by atoms with Gasteiger partial charge < -0.3 is 10.2 Å². The highest BCUT2D eigenvalue weighted by atomic mass is 32.1. The van der Waals surface area contributed by atoms with Gasteiger partial charge in [0.2, 0.25) is 0 Å². The first-order valence-electron chi connectivity index (χ1n) is 9.72. The lowest BCUT2D eigenvalue weighted by Crippen LogP contribution is -2.55. The number of nitrogens with zero attached hydrogens (tertiary/aromatic N) is 2. The molecular formula is C21H24N4OS. The number of hydrogen-bond acceptors (Lipinski definition) is 4. The Labute approximate surface area is 162 Å². The van der Waals surface area contributed by atoms with Crippen LogP contribution in [0.2, 0.25) is 0 Å². The standard InChI is InChI=1S/C21H24N4OS/c1-25-16-3-2-4-17(25)11-15(10-16)22-21(26)20-18-9-13(14-7-8-27-12-14)5-6-19(18)23-24-20/h5-9,12,15-17H,2-4,10-11H2,1H3,(H,22,26)(H,23,24)/t15?,16-,17+. The van der Waals surface area contributed by atoms with E-state index in [1.54, 1.807) is 11.3 Å². The van der Waals surface area contributed by atoms with Gasteiger partial charge in [-0.25, -0.2) is 0 Å². The molecule has 1 amide bonds. The second-order valence-electron chi connectivity index (χ2n) is 7.89. The molecule has 2 saturated heterocycles. The van der Waals surface area contributed by atoms with Crippen LogP contribution >= 0.6 is 11.3 Å². The van der Waals surface area contributed by atoms with Gasteiger partial charge >= 0.3 is 0 Å². The van der Waals surface area contributed by atoms with Crippen molar-refractivity contribution in [2.75, 3.05) is 7.05 Å². The minimum atomic E-state index is -0.0589. The number of carbonyl (C=O) groups is 1. The van der Waals surface area contributed by atoms with Gasteiger partial charge in [-0.2, -0.15) is 16.4 Å². The fraction of sp³-hybridized carbons (Fsp3) is 0.429. The van der Waals surface area contributed by atoms with E-state index in [0.29, 0.717) is 17.8 Å². The third kappa shape index (κ3) is 3.07. The normalized spacial score (nSPS) is 25.6. The lowest BCUT2D eigenvalue weighted by molar-refractivity contribution is 0.0462. The van der Waals surface area contributed by atoms with Crippen LogP contribution in [0.4, 0.5) is 0 Å². The maximum atomic E-state index is 13.0. The van der Waals surface area contributed by atoms with E-state index >= 15 is 0 Å². The molecule has 2 N–H and O–H groups in total. The summed E-state index contributed by atoms with van der Waals surface area (Å²) < 4.78 is 0. The van der Waals surface area contributed by atoms with Gasteiger partial charge in [0.05, 0.1) is 5.52 Å². The SMILES string of the molecule is CN1[C@@H]2CCC[C@H]1CC(NC(=O)c1n[nH]c3ccc(-c4ccsc4)cc13)C2. The number of amides is 1. The van der Waals surface area contributed by atoms with Crippen LogP contribution in [0.3, 0.4) is 0 Å². The molecule has 0 aliphatic carbocycles. The van der Waals surface area contributed by atoms with Gasteiger partial charge in [-0.15, -0.1) is 0 Å². The van der Waals surface area contributed by atoms with E-state index in [1.807, 2.05) is 6.07 Å². The first-order chi connectivity index (χ1) is 13.2. The van der Waals surface area contributed by atoms with Gasteiger partial charge in [0.1, 0.15) is 0 Å². The topological polar surface area (TPSA) is 61.0 Å². The van der Waals surface area contributed by atoms with Gasteiger partial charge in [-0.05, 0) is 72.8 Å². The molecule has 140 valence electrons. The molecule has 6 heteroatoms. The van der Waals surface area contributed by atoms with Crippen LogP contribution in [0, 0.1) is 0 Å². The third-order valence-electron chi connectivity index (χ3n) is 6.31. The number of nitrogens with one attached hydrogen (secondary N) is 2. The van der Waals surface area contributed by atoms with E-state index in [-0.39, 0.29) is 11.9 Å². The largest absolute Gasteiger partial charge is 0.348 e. The molecular weight excluding hydrogens is 356 g/mol. The molecule has 2 fully saturated rings. The lowest BCUT2D eigenvalue weighted by Gasteiger charge is -2.47. The molecule has 3 atom stereocenters. The first-order valence-corrected chi connectivity index (χ1v) is 10.7. The number of aromatic nitrogens is 2. The number of thiophene rings is 1. The molecule has 27 heavy (non-hydrogen) atoms. The van der Waals surface area contributed by atoms with Crippen molar-refractivity contribution in [3.05, 3.63) is 40.7 Å². The van der Waals surface area contributed by atoms with Crippen LogP contribution in [0.5, 0.6) is 0 Å². The minimum absolute atomic E-state index is 0.0589. The fourth-order valence-corrected chi connectivity index (χ4v) is 5.45. The molecule has 3 aromatic rings. The number of aromatic amines is 1. The fourth-order valence-electron chi connectivity index (χ4n) is 4.78. The summed E-state index contributed by atoms with van der Waals surface area (Å²) in [6, 6.07) is 9.69. The van der Waals surface area contributed by atoms with E-state index in [1.165, 1.54) is 24.8 Å². The van der Waals surface area contributed by atoms with E-state index in [9.17, 15) is 4.79 Å². The molecule has 4 heterocycles. The Morgan fingerprint density at radius 3 is 2.78 bits per heavy atom. The summed E-state index contributed by atoms with van der Waals surface area (Å²) in [5.74, 6) is -0.0589. The summed E-state index contributed by atoms with van der Waals surface area (Å²) in [6.07, 6.45) is 5.89. The second-order valence-corrected chi connectivity index (χ2v) is 8.67. The molecule has 5 nitrogen and oxygen atoms in total. The number of benzene rings is 1. The molecule has 5 rings (SSSR count). The monoisotopic (exact) mass is 380 g/mol. The molecule has 2 aliphatic rings. The Morgan fingerprint density at radius 2 is 2.04 bits per heavy atom. The quantitative estimate of drug-likeness (QED) is 0.721. The summed E-state index contributed by atoms with van der Waals surface area (Å²) in [6.45, 7) is 0. The summed E-state index contributed by atoms with van der Waals surface area (Å²) in [5.41, 5.74) is 3.70. The summed E-state index contributed by atoms with van der Waals surface area (Å²) >= 11 is 1.68. The molecule has 1 unspecified atom stereocenters. The zero-order valence-corrected chi connectivity index (χ0v) is 16.3. The highest BCUT2D eigenvalue weighted by Crippen LogP contribution is 2.33. The average Bonchev–Trinajstić information content (AvgIpc) is 3.31. The summed E-state index contributed by atoms with van der Waals surface area (Å²) in [5, 5.41) is 15.7. The maximum Gasteiger partial charge on any atom is 0.272 e. The zero-order chi connectivity index (χ0) is 18.4. The van der Waals surface area contributed by atoms with Gasteiger partial charge in [-0.3, -0.25) is 9.89 Å². The maximum absolute atomic E-state index is 13.0. The molecule has 0 saturated carbocycles. The van der Waals surface area contributed by atoms with Crippen molar-refractivity contribution in [3.63, 3.8) is 0 Å². The summed E-state index contributed by atoms with van der Waals surface area (Å²) in [7, 11) is 2.24. The van der Waals surface area contributed by atoms with Crippen LogP contribution in [0.15, 0.2) is 35.0 Å². The summed E-state index contributed by atoms with van der Waals surface area (Å²) in [4.78, 5) is 15.5. The number of hydrogen-bond donors (Lipinski definition) is 2. The zero-order valence-electron chi connectivity index (χ0n) is 15.4. The van der Waals surface area contributed by atoms with Crippen molar-refractivity contribution < 1.29 is 4.79 Å². The van der Waals surface area contributed by atoms with Gasteiger partial charge in [0.15, 0.2) is 5.69 Å². The highest BCUT2D eigenvalue weighted by Gasteiger charge is 2.36. The van der Waals surface area contributed by atoms with E-state index < -0.39 is 0 Å². The Bertz CT molecular complexity index is 950. The molecule has 2 aromatic heterocycles. The lowest BCUT2D eigenvalue weighted by atomic mass is 9.82. The first kappa shape index (κ1) is 17.0. The number of carbonyl (C=O) groups excluding carboxylic acids is 1. The Morgan fingerprint density at radius 1 is 1.22 bits per heavy atom. The third-order valence-corrected chi connectivity index (χ3v) is 6.99. The van der Waals surface area contributed by atoms with Crippen molar-refractivity contribution in [2.45, 2.75) is 50.2 Å². The van der Waals surface area contributed by atoms with Crippen molar-refractivity contribution in [1.82, 2.24) is 20.4 Å². The predicted octanol–water partition coefficient (Wildman–Crippen LogP) is 4.04. The van der Waals surface area contributed by atoms with Gasteiger partial charge in [-0.1, -0.05) is 12.5 Å². The predicted molar refractivity (Wildman–Crippen MR) is 109 cm³/mol. The van der Waals surface area contributed by atoms with Crippen molar-refractivity contribution >= 4 is 28.1 Å². The van der Waals surface area contributed by atoms with Crippen molar-refractivity contribution in [1.29, 1.82) is 0 Å². The molecule has 1 aromatic carbocycles. The second kappa shape index (κ2) is 6.77. The van der Waals surface area contributed by atoms with Crippen molar-refractivity contribution in [2.24, 2.45) is 0 Å². The van der Waals surface area contributed by atoms with Crippen LogP contribution in [0.25, 0.3) is 22.0 Å². The number of fused-ring (bicyclic) bond motifs is 3. The Hall–Kier alpha value is -2.18. The van der Waals surface area contributed by atoms with E-state index in [0.717, 1.165) is 29.3 Å². The number of rotatable bonds is 3. The van der Waals surface area contributed by atoms with Gasteiger partial charge in [0, 0.05) is 23.5 Å². The van der Waals surface area contributed by atoms with Crippen LogP contribution in [-0.2, 0) is 0 Å². The van der Waals surface area contributed by atoms with E-state index in [4.69, 9.17) is 0 Å². The molecule has 2 bridgehead atoms. The molecule has 0 radical (unpaired) electrons. The minimum Gasteiger partial charge on any atom is -0.348 e. The number of piperidine rings is 2. The van der Waals surface area contributed by atoms with Crippen LogP contribution in [-0.4, -0.2) is 46.2 Å². The smallest absolute Gasteiger partial charge is 0.272 e. The van der Waals surface area contributed by atoms with Crippen LogP contribution in [0.1, 0.15) is 42.6 Å². The highest BCUT2D eigenvalue weighted by molar-refractivity contribution is 7.08. The van der Waals surface area contributed by atoms with Gasteiger partial charge in [0.25, 0.3) is 5.91 Å². The Balaban J connectivity index is 1.38. The Kier molecular flexibility index (Phi) is 4.25. The van der Waals surface area contributed by atoms with E-state index in [2.05, 4.69) is 56.4 Å². The molecule has 2 aliphatic heterocycles. The van der Waals surface area contributed by atoms with Crippen LogP contribution < -0.4 is 5.32 Å². The number of H-pyrrole nitrogens is 1. The van der Waals surface area contributed by atoms with Crippen molar-refractivity contribution in [3.8, 4) is 11.1 Å².